The highest BCUT2D eigenvalue weighted by Crippen LogP contribution is 2.67. The third kappa shape index (κ3) is 5.13. The Morgan fingerprint density at radius 3 is 2.43 bits per heavy atom. The van der Waals surface area contributed by atoms with E-state index in [1.807, 2.05) is 24.3 Å². The summed E-state index contributed by atoms with van der Waals surface area (Å²) in [5.74, 6) is -1.36. The van der Waals surface area contributed by atoms with Gasteiger partial charge in [0.25, 0.3) is 0 Å². The van der Waals surface area contributed by atoms with Crippen LogP contribution in [0.25, 0.3) is 0 Å². The molecule has 37 heavy (non-hydrogen) atoms. The van der Waals surface area contributed by atoms with Gasteiger partial charge in [-0.1, -0.05) is 28.8 Å². The summed E-state index contributed by atoms with van der Waals surface area (Å²) in [5, 5.41) is 14.9. The number of carbonyl (C=O) groups excluding carboxylic acids is 3. The van der Waals surface area contributed by atoms with Crippen LogP contribution in [-0.4, -0.2) is 81.9 Å². The predicted octanol–water partition coefficient (Wildman–Crippen LogP) is 3.23. The van der Waals surface area contributed by atoms with Crippen LogP contribution in [0.3, 0.4) is 0 Å². The van der Waals surface area contributed by atoms with Crippen molar-refractivity contribution in [1.82, 2.24) is 10.2 Å². The molecule has 3 unspecified atom stereocenters. The second kappa shape index (κ2) is 11.9. The molecule has 3 heterocycles. The number of hydrogen-bond acceptors (Lipinski definition) is 6. The van der Waals surface area contributed by atoms with Gasteiger partial charge in [-0.05, 0) is 57.4 Å². The maximum Gasteiger partial charge on any atom is 0.248 e. The van der Waals surface area contributed by atoms with Gasteiger partial charge in [0.2, 0.25) is 17.7 Å². The molecule has 6 atom stereocenters. The van der Waals surface area contributed by atoms with E-state index in [1.54, 1.807) is 23.7 Å². The van der Waals surface area contributed by atoms with Crippen molar-refractivity contribution in [3.8, 4) is 0 Å². The number of anilines is 2. The zero-order chi connectivity index (χ0) is 26.7. The number of rotatable bonds is 12. The first-order valence-electron chi connectivity index (χ1n) is 13.4. The highest BCUT2D eigenvalue weighted by molar-refractivity contribution is 9.09. The average Bonchev–Trinajstić information content (AvgIpc) is 3.48. The number of benzene rings is 1. The van der Waals surface area contributed by atoms with Gasteiger partial charge >= 0.3 is 0 Å². The molecule has 0 aromatic heterocycles. The molecule has 0 radical (unpaired) electrons. The normalized spacial score (nSPS) is 29.9. The summed E-state index contributed by atoms with van der Waals surface area (Å²) in [7, 11) is 1.61. The number of aliphatic hydroxyl groups is 1. The zero-order valence-electron chi connectivity index (χ0n) is 21.9. The Morgan fingerprint density at radius 2 is 1.81 bits per heavy atom. The lowest BCUT2D eigenvalue weighted by atomic mass is 9.70. The lowest BCUT2D eigenvalue weighted by molar-refractivity contribution is -0.139. The first-order chi connectivity index (χ1) is 17.8. The van der Waals surface area contributed by atoms with Gasteiger partial charge in [0.1, 0.15) is 6.04 Å². The summed E-state index contributed by atoms with van der Waals surface area (Å²) < 4.78 is -0.635. The lowest BCUT2D eigenvalue weighted by Crippen LogP contribution is -2.53. The SMILES string of the molecule is CCN(CC)c1ccc(NC(=O)C2N(CCCCCCO)C(=O)[C@@H]3[C@H](C(=O)NC)[C@H]4SC23CC4Br)cc1. The van der Waals surface area contributed by atoms with Crippen molar-refractivity contribution in [2.75, 3.05) is 43.5 Å². The summed E-state index contributed by atoms with van der Waals surface area (Å²) in [5.41, 5.74) is 1.80. The minimum Gasteiger partial charge on any atom is -0.396 e. The number of alkyl halides is 1. The quantitative estimate of drug-likeness (QED) is 0.254. The van der Waals surface area contributed by atoms with Crippen LogP contribution in [0.1, 0.15) is 46.0 Å². The topological polar surface area (TPSA) is 102 Å². The molecule has 3 fully saturated rings. The molecule has 0 saturated carbocycles. The Labute approximate surface area is 232 Å². The van der Waals surface area contributed by atoms with Gasteiger partial charge in [-0.2, -0.15) is 0 Å². The number of amides is 3. The van der Waals surface area contributed by atoms with E-state index in [-0.39, 0.29) is 34.4 Å². The Hall–Kier alpha value is -1.78. The van der Waals surface area contributed by atoms with Crippen LogP contribution in [-0.2, 0) is 14.4 Å². The van der Waals surface area contributed by atoms with Crippen LogP contribution in [0.2, 0.25) is 0 Å². The van der Waals surface area contributed by atoms with Gasteiger partial charge < -0.3 is 25.5 Å². The molecule has 0 aliphatic carbocycles. The molecule has 1 aromatic rings. The first-order valence-corrected chi connectivity index (χ1v) is 15.2. The van der Waals surface area contributed by atoms with Crippen LogP contribution < -0.4 is 15.5 Å². The molecular weight excluding hydrogens is 556 g/mol. The molecule has 3 N–H and O–H groups in total. The van der Waals surface area contributed by atoms with Crippen molar-refractivity contribution in [3.63, 3.8) is 0 Å². The minimum atomic E-state index is -0.644. The Bertz CT molecular complexity index is 991. The van der Waals surface area contributed by atoms with Crippen molar-refractivity contribution < 1.29 is 19.5 Å². The first kappa shape index (κ1) is 28.2. The molecule has 10 heteroatoms. The van der Waals surface area contributed by atoms with Crippen LogP contribution in [0, 0.1) is 11.8 Å². The summed E-state index contributed by atoms with van der Waals surface area (Å²) in [4.78, 5) is 44.8. The van der Waals surface area contributed by atoms with E-state index in [0.29, 0.717) is 18.7 Å². The third-order valence-electron chi connectivity index (χ3n) is 8.16. The van der Waals surface area contributed by atoms with Crippen LogP contribution in [0.5, 0.6) is 0 Å². The van der Waals surface area contributed by atoms with E-state index in [9.17, 15) is 14.4 Å². The second-order valence-electron chi connectivity index (χ2n) is 10.2. The van der Waals surface area contributed by atoms with Gasteiger partial charge in [0, 0.05) is 54.7 Å². The summed E-state index contributed by atoms with van der Waals surface area (Å²) in [6.45, 7) is 6.67. The predicted molar refractivity (Wildman–Crippen MR) is 152 cm³/mol. The number of nitrogens with zero attached hydrogens (tertiary/aromatic N) is 2. The molecule has 3 aliphatic rings. The number of unbranched alkanes of at least 4 members (excludes halogenated alkanes) is 3. The van der Waals surface area contributed by atoms with Crippen molar-refractivity contribution in [1.29, 1.82) is 0 Å². The number of carbonyl (C=O) groups is 3. The van der Waals surface area contributed by atoms with E-state index in [1.165, 1.54) is 0 Å². The molecule has 3 amide bonds. The fourth-order valence-electron chi connectivity index (χ4n) is 6.44. The van der Waals surface area contributed by atoms with Gasteiger partial charge in [-0.15, -0.1) is 11.8 Å². The molecule has 4 rings (SSSR count). The number of nitrogens with one attached hydrogen (secondary N) is 2. The highest BCUT2D eigenvalue weighted by atomic mass is 79.9. The Balaban J connectivity index is 1.60. The summed E-state index contributed by atoms with van der Waals surface area (Å²) in [6, 6.07) is 7.20. The average molecular weight is 596 g/mol. The fourth-order valence-corrected chi connectivity index (χ4v) is 10.1. The molecular formula is C27H39BrN4O4S. The summed E-state index contributed by atoms with van der Waals surface area (Å²) in [6.07, 6.45) is 3.91. The van der Waals surface area contributed by atoms with Crippen molar-refractivity contribution >= 4 is 56.8 Å². The Morgan fingerprint density at radius 1 is 1.14 bits per heavy atom. The van der Waals surface area contributed by atoms with Crippen LogP contribution in [0.15, 0.2) is 24.3 Å². The molecule has 1 spiro atoms. The number of hydrogen-bond donors (Lipinski definition) is 3. The number of halogens is 1. The monoisotopic (exact) mass is 594 g/mol. The smallest absolute Gasteiger partial charge is 0.248 e. The van der Waals surface area contributed by atoms with Crippen molar-refractivity contribution in [3.05, 3.63) is 24.3 Å². The number of likely N-dealkylation sites (tertiary alicyclic amines) is 1. The second-order valence-corrected chi connectivity index (χ2v) is 12.9. The summed E-state index contributed by atoms with van der Waals surface area (Å²) >= 11 is 5.43. The number of aliphatic hydroxyl groups excluding tert-OH is 1. The lowest BCUT2D eigenvalue weighted by Gasteiger charge is -2.35. The molecule has 3 aliphatic heterocycles. The van der Waals surface area contributed by atoms with Crippen LogP contribution in [0.4, 0.5) is 11.4 Å². The van der Waals surface area contributed by atoms with Gasteiger partial charge in [0.05, 0.1) is 16.6 Å². The molecule has 1 aromatic carbocycles. The maximum atomic E-state index is 13.9. The zero-order valence-corrected chi connectivity index (χ0v) is 24.3. The van der Waals surface area contributed by atoms with Crippen molar-refractivity contribution in [2.45, 2.75) is 66.8 Å². The number of fused-ring (bicyclic) bond motifs is 1. The van der Waals surface area contributed by atoms with E-state index in [0.717, 1.165) is 44.5 Å². The van der Waals surface area contributed by atoms with E-state index >= 15 is 0 Å². The largest absolute Gasteiger partial charge is 0.396 e. The molecule has 8 nitrogen and oxygen atoms in total. The third-order valence-corrected chi connectivity index (χ3v) is 11.4. The standard InChI is InChI=1S/C27H39BrN4O4S/c1-4-31(5-2)18-12-10-17(11-13-18)30-25(35)23-27-16-19(28)22(37-27)20(24(34)29-3)21(27)26(36)32(23)14-8-6-7-9-15-33/h10-13,19-23,33H,4-9,14-16H2,1-3H3,(H,29,34)(H,30,35)/t19?,20-,21-,22-,23?,27?/m0/s1. The minimum absolute atomic E-state index is 0.0377. The van der Waals surface area contributed by atoms with Gasteiger partial charge in [-0.25, -0.2) is 0 Å². The molecule has 3 saturated heterocycles. The van der Waals surface area contributed by atoms with Crippen LogP contribution >= 0.6 is 27.7 Å². The van der Waals surface area contributed by atoms with Crippen molar-refractivity contribution in [2.24, 2.45) is 11.8 Å². The fraction of sp³-hybridized carbons (Fsp3) is 0.667. The van der Waals surface area contributed by atoms with E-state index in [4.69, 9.17) is 5.11 Å². The maximum absolute atomic E-state index is 13.9. The molecule has 204 valence electrons. The van der Waals surface area contributed by atoms with E-state index in [2.05, 4.69) is 45.3 Å². The Kier molecular flexibility index (Phi) is 9.12. The van der Waals surface area contributed by atoms with Gasteiger partial charge in [-0.3, -0.25) is 14.4 Å². The number of thioether (sulfide) groups is 1. The molecule has 2 bridgehead atoms. The highest BCUT2D eigenvalue weighted by Gasteiger charge is 2.75. The van der Waals surface area contributed by atoms with E-state index < -0.39 is 22.6 Å². The van der Waals surface area contributed by atoms with Gasteiger partial charge in [0.15, 0.2) is 0 Å².